The van der Waals surface area contributed by atoms with Gasteiger partial charge in [0.05, 0.1) is 13.1 Å². The largest absolute Gasteiger partial charge is 0.481 e. The predicted octanol–water partition coefficient (Wildman–Crippen LogP) is -5.06. The number of unbranched alkanes of at least 4 members (excludes halogenated alkanes) is 2. The first kappa shape index (κ1) is 118. The minimum absolute atomic E-state index is 0.0129. The van der Waals surface area contributed by atoms with Gasteiger partial charge in [-0.15, -0.1) is 0 Å². The van der Waals surface area contributed by atoms with E-state index in [4.69, 9.17) is 34.1 Å². The minimum Gasteiger partial charge on any atom is -0.481 e. The molecule has 0 fully saturated rings. The van der Waals surface area contributed by atoms with Crippen LogP contribution < -0.4 is 124 Å². The maximum atomic E-state index is 15.0. The van der Waals surface area contributed by atoms with Gasteiger partial charge >= 0.3 is 11.9 Å². The molecule has 3 rings (SSSR count). The Bertz CT molecular complexity index is 4630. The Hall–Kier alpha value is -14.0. The lowest BCUT2D eigenvalue weighted by Gasteiger charge is -2.30. The minimum atomic E-state index is -1.76. The van der Waals surface area contributed by atoms with E-state index in [0.29, 0.717) is 47.7 Å². The number of fused-ring (bicyclic) bond motifs is 1. The van der Waals surface area contributed by atoms with Crippen molar-refractivity contribution in [2.45, 2.75) is 289 Å². The standard InChI is InChI=1S/C90H143N25O23/c1-12-50(8)74(89(138)104-53(11)78(127)111-67(42-55-43-98-57-26-17-16-25-56(55)57)85(134)112-65(40-48(4)5)86(135)114-73(49(6)7)88(137)110-59(27-18-20-36-91)79(128)99-44-69(118)105-58(75(94)124)29-22-38-97-90(95)96)115-87(136)66(41-54-23-14-13-15-24-54)113-83(132)63(32-35-72(122)123)109-82(131)60(28-19-21-37-92)107-77(126)52(10)102-76(125)51(9)103-81(130)62(30-33-68(93)117)106-70(119)45-100-80(129)61(31-34-71(120)121)108-84(133)64(101-46-116)39-47(2)3/h13-17,23-26,43,46-53,58-67,73-74,98H,12,18-22,27-42,44-45,91-92H2,1-11H3,(H2,93,117)(H2,94,124)(H,99,128)(H,100,129)(H,101,116)(H,102,125)(H,103,130)(H,104,138)(H,105,118)(H,106,119)(H,107,126)(H,108,133)(H,109,131)(H,110,137)(H,111,127)(H,112,134)(H,113,132)(H,114,135)(H,115,136)(H,120,121)(H,122,123)(H4,95,96,97). The van der Waals surface area contributed by atoms with Gasteiger partial charge in [-0.05, 0) is 158 Å². The fourth-order valence-electron chi connectivity index (χ4n) is 14.2. The summed E-state index contributed by atoms with van der Waals surface area (Å²) in [6.45, 7) is 16.4. The Morgan fingerprint density at radius 2 is 0.775 bits per heavy atom. The number of carbonyl (C=O) groups excluding carboxylic acids is 19. The van der Waals surface area contributed by atoms with Crippen molar-refractivity contribution < 1.29 is 111 Å². The molecule has 766 valence electrons. The number of nitrogens with one attached hydrogen (secondary N) is 20. The molecule has 0 saturated carbocycles. The Morgan fingerprint density at radius 3 is 1.28 bits per heavy atom. The number of hydrogen-bond donors (Lipinski definition) is 27. The van der Waals surface area contributed by atoms with Crippen LogP contribution in [-0.4, -0.2) is 269 Å². The number of H-pyrrole nitrogens is 1. The van der Waals surface area contributed by atoms with Crippen molar-refractivity contribution in [1.82, 2.24) is 101 Å². The van der Waals surface area contributed by atoms with Crippen LogP contribution in [0.5, 0.6) is 0 Å². The number of amides is 19. The number of primary amides is 2. The Balaban J connectivity index is 1.91. The van der Waals surface area contributed by atoms with Gasteiger partial charge in [-0.1, -0.05) is 110 Å². The highest BCUT2D eigenvalue weighted by Crippen LogP contribution is 2.22. The summed E-state index contributed by atoms with van der Waals surface area (Å²) in [5.41, 5.74) is 29.4. The van der Waals surface area contributed by atoms with Crippen LogP contribution in [0.1, 0.15) is 196 Å². The van der Waals surface area contributed by atoms with Gasteiger partial charge in [0, 0.05) is 55.7 Å². The number of aliphatic carboxylic acids is 2. The zero-order valence-corrected chi connectivity index (χ0v) is 80.1. The van der Waals surface area contributed by atoms with E-state index in [0.717, 1.165) is 0 Å². The summed E-state index contributed by atoms with van der Waals surface area (Å²) in [5, 5.41) is 72.7. The van der Waals surface area contributed by atoms with Crippen molar-refractivity contribution in [3.8, 4) is 0 Å². The first-order valence-electron chi connectivity index (χ1n) is 46.2. The molecule has 48 nitrogen and oxygen atoms in total. The number of aromatic amines is 1. The fourth-order valence-corrected chi connectivity index (χ4v) is 14.2. The molecule has 2 aromatic carbocycles. The number of carbonyl (C=O) groups is 21. The van der Waals surface area contributed by atoms with Crippen LogP contribution >= 0.6 is 0 Å². The average Bonchev–Trinajstić information content (AvgIpc) is 1.65. The van der Waals surface area contributed by atoms with Crippen molar-refractivity contribution in [3.05, 3.63) is 71.9 Å². The highest BCUT2D eigenvalue weighted by molar-refractivity contribution is 6.02. The van der Waals surface area contributed by atoms with Crippen LogP contribution in [-0.2, 0) is 114 Å². The van der Waals surface area contributed by atoms with Gasteiger partial charge in [0.15, 0.2) is 5.96 Å². The second-order valence-electron chi connectivity index (χ2n) is 35.1. The van der Waals surface area contributed by atoms with Crippen LogP contribution in [0.15, 0.2) is 60.8 Å². The van der Waals surface area contributed by atoms with Crippen LogP contribution in [0, 0.1) is 29.1 Å². The summed E-state index contributed by atoms with van der Waals surface area (Å²) in [5.74, 6) is -21.5. The first-order valence-corrected chi connectivity index (χ1v) is 46.2. The number of guanidine groups is 1. The number of hydrogen-bond acceptors (Lipinski definition) is 24. The zero-order chi connectivity index (χ0) is 104. The summed E-state index contributed by atoms with van der Waals surface area (Å²) in [6.07, 6.45) is -0.0159. The third-order valence-electron chi connectivity index (χ3n) is 22.1. The van der Waals surface area contributed by atoms with Gasteiger partial charge in [0.2, 0.25) is 113 Å². The SMILES string of the molecule is CCC(C)C(NC(=O)C(Cc1ccccc1)NC(=O)C(CCC(=O)O)NC(=O)C(CCCCN)NC(=O)C(C)NC(=O)C(C)NC(=O)C(CCC(N)=O)NC(=O)CNC(=O)C(CCC(=O)O)NC(=O)C(CC(C)C)NC=O)C(=O)NC(C)C(=O)NC(Cc1c[nH]c2ccccc12)C(=O)NC(CC(C)C)C(=O)NC(C(=O)NC(CCCCN)C(=O)NCC(=O)NC(CCCNC(=N)N)C(N)=O)C(C)C. The molecule has 19 amide bonds. The zero-order valence-electron chi connectivity index (χ0n) is 80.1. The molecule has 0 spiro atoms. The summed E-state index contributed by atoms with van der Waals surface area (Å²) >= 11 is 0. The van der Waals surface area contributed by atoms with Gasteiger partial charge in [-0.2, -0.15) is 0 Å². The second kappa shape index (κ2) is 61.9. The van der Waals surface area contributed by atoms with Crippen molar-refractivity contribution in [2.24, 2.45) is 52.3 Å². The molecule has 0 radical (unpaired) electrons. The number of rotatable bonds is 67. The molecule has 16 unspecified atom stereocenters. The lowest BCUT2D eigenvalue weighted by Crippen LogP contribution is -2.61. The molecule has 0 saturated heterocycles. The molecule has 138 heavy (non-hydrogen) atoms. The van der Waals surface area contributed by atoms with E-state index in [1.165, 1.54) is 20.8 Å². The topological polar surface area (TPSA) is 785 Å². The molecule has 3 aromatic rings. The Kier molecular flexibility index (Phi) is 53.0. The second-order valence-corrected chi connectivity index (χ2v) is 35.1. The van der Waals surface area contributed by atoms with Crippen LogP contribution in [0.4, 0.5) is 0 Å². The maximum absolute atomic E-state index is 15.0. The predicted molar refractivity (Wildman–Crippen MR) is 505 cm³/mol. The van der Waals surface area contributed by atoms with E-state index in [1.807, 2.05) is 0 Å². The van der Waals surface area contributed by atoms with Gasteiger partial charge in [0.1, 0.15) is 90.6 Å². The van der Waals surface area contributed by atoms with Gasteiger partial charge < -0.3 is 140 Å². The summed E-state index contributed by atoms with van der Waals surface area (Å²) < 4.78 is 0. The Labute approximate surface area is 800 Å². The van der Waals surface area contributed by atoms with E-state index in [9.17, 15) is 106 Å². The highest BCUT2D eigenvalue weighted by Gasteiger charge is 2.40. The monoisotopic (exact) mass is 1940 g/mol. The van der Waals surface area contributed by atoms with Crippen molar-refractivity contribution in [3.63, 3.8) is 0 Å². The molecule has 16 atom stereocenters. The third-order valence-corrected chi connectivity index (χ3v) is 22.1. The summed E-state index contributed by atoms with van der Waals surface area (Å²) in [7, 11) is 0. The number of carboxylic acids is 2. The van der Waals surface area contributed by atoms with Crippen LogP contribution in [0.2, 0.25) is 0 Å². The Morgan fingerprint density at radius 1 is 0.391 bits per heavy atom. The van der Waals surface area contributed by atoms with Gasteiger partial charge in [0.25, 0.3) is 0 Å². The quantitative estimate of drug-likeness (QED) is 0.0109. The van der Waals surface area contributed by atoms with Crippen molar-refractivity contribution in [2.75, 3.05) is 32.7 Å². The average molecular weight is 1940 g/mol. The number of para-hydroxylation sites is 1. The molecular formula is C90H143N25O23. The van der Waals surface area contributed by atoms with Crippen LogP contribution in [0.25, 0.3) is 10.9 Å². The molecular weight excluding hydrogens is 1800 g/mol. The fraction of sp³-hybridized carbons (Fsp3) is 0.600. The molecule has 0 aliphatic carbocycles. The number of aromatic nitrogens is 1. The summed E-state index contributed by atoms with van der Waals surface area (Å²) in [6, 6.07) is -6.45. The summed E-state index contributed by atoms with van der Waals surface area (Å²) in [4.78, 5) is 288. The van der Waals surface area contributed by atoms with E-state index in [2.05, 4.69) is 101 Å². The lowest BCUT2D eigenvalue weighted by atomic mass is 9.96. The molecule has 0 aliphatic rings. The highest BCUT2D eigenvalue weighted by atomic mass is 16.4. The normalized spacial score (nSPS) is 14.6. The smallest absolute Gasteiger partial charge is 0.303 e. The maximum Gasteiger partial charge on any atom is 0.303 e. The molecule has 1 aromatic heterocycles. The lowest BCUT2D eigenvalue weighted by molar-refractivity contribution is -0.139. The number of carboxylic acid groups (broad SMARTS) is 2. The molecule has 32 N–H and O–H groups in total. The van der Waals surface area contributed by atoms with Crippen molar-refractivity contribution in [1.29, 1.82) is 5.41 Å². The molecule has 0 aliphatic heterocycles. The first-order chi connectivity index (χ1) is 65.1. The molecule has 1 heterocycles. The van der Waals surface area contributed by atoms with E-state index in [-0.39, 0.29) is 102 Å². The van der Waals surface area contributed by atoms with Gasteiger partial charge in [-0.3, -0.25) is 106 Å². The van der Waals surface area contributed by atoms with Crippen LogP contribution in [0.3, 0.4) is 0 Å². The number of benzene rings is 2. The van der Waals surface area contributed by atoms with Gasteiger partial charge in [-0.25, -0.2) is 0 Å². The van der Waals surface area contributed by atoms with E-state index >= 15 is 4.79 Å². The molecule has 48 heteroatoms. The third kappa shape index (κ3) is 44.2. The van der Waals surface area contributed by atoms with E-state index < -0.39 is 272 Å². The van der Waals surface area contributed by atoms with Crippen molar-refractivity contribution >= 4 is 142 Å². The molecule has 0 bridgehead atoms. The number of nitrogens with two attached hydrogens (primary N) is 5. The van der Waals surface area contributed by atoms with E-state index in [1.54, 1.807) is 116 Å².